The Kier molecular flexibility index (Phi) is 4.34. The van der Waals surface area contributed by atoms with Crippen molar-refractivity contribution in [2.45, 2.75) is 25.6 Å². The Hall–Kier alpha value is -2.86. The molecule has 0 radical (unpaired) electrons. The Bertz CT molecular complexity index is 950. The number of fused-ring (bicyclic) bond motifs is 2. The summed E-state index contributed by atoms with van der Waals surface area (Å²) in [4.78, 5) is 19.2. The van der Waals surface area contributed by atoms with Crippen molar-refractivity contribution >= 4 is 17.0 Å². The lowest BCUT2D eigenvalue weighted by molar-refractivity contribution is -0.126. The predicted molar refractivity (Wildman–Crippen MR) is 97.8 cm³/mol. The number of rotatable bonds is 4. The molecule has 1 amide bonds. The van der Waals surface area contributed by atoms with E-state index in [4.69, 9.17) is 9.15 Å². The summed E-state index contributed by atoms with van der Waals surface area (Å²) in [5, 5.41) is 2.95. The van der Waals surface area contributed by atoms with Gasteiger partial charge >= 0.3 is 0 Å². The van der Waals surface area contributed by atoms with E-state index in [1.165, 1.54) is 11.1 Å². The molecule has 1 aromatic heterocycles. The van der Waals surface area contributed by atoms with Crippen molar-refractivity contribution in [3.8, 4) is 5.75 Å². The largest absolute Gasteiger partial charge is 0.497 e. The van der Waals surface area contributed by atoms with E-state index in [2.05, 4.69) is 27.3 Å². The molecule has 4 rings (SSSR count). The Morgan fingerprint density at radius 3 is 2.92 bits per heavy atom. The molecule has 6 nitrogen and oxygen atoms in total. The molecule has 26 heavy (non-hydrogen) atoms. The number of benzene rings is 2. The van der Waals surface area contributed by atoms with Gasteiger partial charge in [-0.05, 0) is 36.7 Å². The quantitative estimate of drug-likeness (QED) is 0.782. The number of aromatic nitrogens is 1. The van der Waals surface area contributed by atoms with E-state index < -0.39 is 0 Å². The second-order valence-corrected chi connectivity index (χ2v) is 6.56. The summed E-state index contributed by atoms with van der Waals surface area (Å²) >= 11 is 0. The van der Waals surface area contributed by atoms with Gasteiger partial charge in [-0.3, -0.25) is 9.69 Å². The van der Waals surface area contributed by atoms with Crippen LogP contribution in [-0.4, -0.2) is 36.0 Å². The summed E-state index contributed by atoms with van der Waals surface area (Å²) in [6.45, 7) is 1.04. The van der Waals surface area contributed by atoms with E-state index in [1.54, 1.807) is 7.11 Å². The number of methoxy groups -OCH3 is 1. The van der Waals surface area contributed by atoms with Crippen LogP contribution in [0.5, 0.6) is 5.75 Å². The minimum absolute atomic E-state index is 0.0122. The lowest BCUT2D eigenvalue weighted by atomic mass is 9.94. The molecule has 0 aliphatic carbocycles. The third kappa shape index (κ3) is 3.15. The van der Waals surface area contributed by atoms with Crippen LogP contribution in [-0.2, 0) is 24.3 Å². The summed E-state index contributed by atoms with van der Waals surface area (Å²) in [6, 6.07) is 13.5. The number of ether oxygens (including phenoxy) is 1. The predicted octanol–water partition coefficient (Wildman–Crippen LogP) is 2.51. The molecule has 0 fully saturated rings. The molecule has 1 aliphatic rings. The average Bonchev–Trinajstić information content (AvgIpc) is 3.07. The summed E-state index contributed by atoms with van der Waals surface area (Å²) < 4.78 is 10.9. The van der Waals surface area contributed by atoms with Crippen LogP contribution in [0.15, 0.2) is 46.9 Å². The number of hydrogen-bond donors (Lipinski definition) is 1. The summed E-state index contributed by atoms with van der Waals surface area (Å²) in [7, 11) is 3.59. The normalized spacial score (nSPS) is 17.1. The lowest BCUT2D eigenvalue weighted by Gasteiger charge is -2.32. The van der Waals surface area contributed by atoms with Crippen molar-refractivity contribution in [1.29, 1.82) is 0 Å². The standard InChI is InChI=1S/C20H21N3O3/c1-23-12-14-6-4-3-5-13(14)9-17(23)20(24)21-11-19-22-16-10-15(25-2)7-8-18(16)26-19/h3-8,10,17H,9,11-12H2,1-2H3,(H,21,24)/t17-/m0/s1. The molecule has 2 aromatic carbocycles. The van der Waals surface area contributed by atoms with Gasteiger partial charge in [0.05, 0.1) is 19.7 Å². The first-order valence-electron chi connectivity index (χ1n) is 8.62. The van der Waals surface area contributed by atoms with Crippen LogP contribution in [0.3, 0.4) is 0 Å². The number of nitrogens with zero attached hydrogens (tertiary/aromatic N) is 2. The average molecular weight is 351 g/mol. The maximum Gasteiger partial charge on any atom is 0.238 e. The molecule has 3 aromatic rings. The van der Waals surface area contributed by atoms with Crippen molar-refractivity contribution in [2.24, 2.45) is 0 Å². The van der Waals surface area contributed by atoms with Crippen LogP contribution in [0.1, 0.15) is 17.0 Å². The van der Waals surface area contributed by atoms with Crippen LogP contribution in [0.4, 0.5) is 0 Å². The fourth-order valence-corrected chi connectivity index (χ4v) is 3.38. The molecule has 134 valence electrons. The van der Waals surface area contributed by atoms with Crippen LogP contribution >= 0.6 is 0 Å². The number of oxazole rings is 1. The van der Waals surface area contributed by atoms with Gasteiger partial charge in [0.15, 0.2) is 5.58 Å². The highest BCUT2D eigenvalue weighted by Crippen LogP contribution is 2.23. The van der Waals surface area contributed by atoms with Crippen LogP contribution in [0.25, 0.3) is 11.1 Å². The zero-order valence-corrected chi connectivity index (χ0v) is 14.9. The Morgan fingerprint density at radius 2 is 2.12 bits per heavy atom. The Balaban J connectivity index is 1.44. The molecule has 1 N–H and O–H groups in total. The third-order valence-corrected chi connectivity index (χ3v) is 4.84. The first-order chi connectivity index (χ1) is 12.6. The van der Waals surface area contributed by atoms with Crippen LogP contribution in [0, 0.1) is 0 Å². The van der Waals surface area contributed by atoms with Crippen molar-refractivity contribution in [1.82, 2.24) is 15.2 Å². The summed E-state index contributed by atoms with van der Waals surface area (Å²) in [6.07, 6.45) is 0.712. The first-order valence-corrected chi connectivity index (χ1v) is 8.62. The van der Waals surface area contributed by atoms with Crippen LogP contribution < -0.4 is 10.1 Å². The molecule has 0 saturated carbocycles. The molecule has 6 heteroatoms. The summed E-state index contributed by atoms with van der Waals surface area (Å²) in [5.41, 5.74) is 3.92. The van der Waals surface area contributed by atoms with Crippen molar-refractivity contribution < 1.29 is 13.9 Å². The monoisotopic (exact) mass is 351 g/mol. The minimum atomic E-state index is -0.186. The molecule has 0 spiro atoms. The van der Waals surface area contributed by atoms with Gasteiger partial charge in [-0.15, -0.1) is 0 Å². The SMILES string of the molecule is COc1ccc2oc(CNC(=O)[C@@H]3Cc4ccccc4CN3C)nc2c1. The number of amides is 1. The second-order valence-electron chi connectivity index (χ2n) is 6.56. The summed E-state index contributed by atoms with van der Waals surface area (Å²) in [5.74, 6) is 1.20. The minimum Gasteiger partial charge on any atom is -0.497 e. The zero-order chi connectivity index (χ0) is 18.1. The van der Waals surface area contributed by atoms with Gasteiger partial charge in [0.25, 0.3) is 0 Å². The van der Waals surface area contributed by atoms with Gasteiger partial charge in [0, 0.05) is 12.6 Å². The topological polar surface area (TPSA) is 67.6 Å². The number of carbonyl (C=O) groups is 1. The number of carbonyl (C=O) groups excluding carboxylic acids is 1. The van der Waals surface area contributed by atoms with E-state index in [0.717, 1.165) is 17.8 Å². The molecular formula is C20H21N3O3. The Labute approximate surface area is 151 Å². The maximum atomic E-state index is 12.7. The number of nitrogens with one attached hydrogen (secondary N) is 1. The molecule has 0 bridgehead atoms. The number of likely N-dealkylation sites (N-methyl/N-ethyl adjacent to an activating group) is 1. The van der Waals surface area contributed by atoms with E-state index in [1.807, 2.05) is 37.4 Å². The lowest BCUT2D eigenvalue weighted by Crippen LogP contribution is -2.48. The van der Waals surface area contributed by atoms with E-state index in [0.29, 0.717) is 17.9 Å². The van der Waals surface area contributed by atoms with Gasteiger partial charge in [-0.25, -0.2) is 4.98 Å². The fourth-order valence-electron chi connectivity index (χ4n) is 3.38. The smallest absolute Gasteiger partial charge is 0.238 e. The molecule has 0 unspecified atom stereocenters. The highest BCUT2D eigenvalue weighted by molar-refractivity contribution is 5.82. The first kappa shape index (κ1) is 16.6. The van der Waals surface area contributed by atoms with Crippen LogP contribution in [0.2, 0.25) is 0 Å². The third-order valence-electron chi connectivity index (χ3n) is 4.84. The number of hydrogen-bond acceptors (Lipinski definition) is 5. The van der Waals surface area contributed by atoms with Crippen molar-refractivity contribution in [3.63, 3.8) is 0 Å². The molecule has 2 heterocycles. The Morgan fingerprint density at radius 1 is 1.31 bits per heavy atom. The van der Waals surface area contributed by atoms with E-state index in [9.17, 15) is 4.79 Å². The van der Waals surface area contributed by atoms with E-state index >= 15 is 0 Å². The van der Waals surface area contributed by atoms with Crippen molar-refractivity contribution in [3.05, 3.63) is 59.5 Å². The highest BCUT2D eigenvalue weighted by atomic mass is 16.5. The molecular weight excluding hydrogens is 330 g/mol. The fraction of sp³-hybridized carbons (Fsp3) is 0.300. The maximum absolute atomic E-state index is 12.7. The van der Waals surface area contributed by atoms with Gasteiger partial charge in [0.2, 0.25) is 11.8 Å². The van der Waals surface area contributed by atoms with Crippen molar-refractivity contribution in [2.75, 3.05) is 14.2 Å². The van der Waals surface area contributed by atoms with Gasteiger partial charge in [0.1, 0.15) is 11.3 Å². The van der Waals surface area contributed by atoms with Gasteiger partial charge in [-0.2, -0.15) is 0 Å². The van der Waals surface area contributed by atoms with Gasteiger partial charge in [-0.1, -0.05) is 24.3 Å². The highest BCUT2D eigenvalue weighted by Gasteiger charge is 2.28. The zero-order valence-electron chi connectivity index (χ0n) is 14.9. The van der Waals surface area contributed by atoms with Gasteiger partial charge < -0.3 is 14.5 Å². The molecule has 1 aliphatic heterocycles. The molecule has 1 atom stereocenters. The molecule has 0 saturated heterocycles. The van der Waals surface area contributed by atoms with E-state index in [-0.39, 0.29) is 18.5 Å². The second kappa shape index (κ2) is 6.80.